The Labute approximate surface area is 762 Å². The van der Waals surface area contributed by atoms with Crippen LogP contribution in [0.25, 0.3) is 67.6 Å². The zero-order valence-electron chi connectivity index (χ0n) is 72.4. The molecule has 13 N–H and O–H groups in total. The standard InChI is InChI=1S/C27H30N6O2.C26H22N6O2.C26H21N5O3.C20H21N7O2S/c1-3-19(2)31-14-16-32(17-15-31)27(35)20-4-6-22(7-5-20)30-23-8-9-24(33-13-12-29-26(23)33)21-10-11-28-25(34)18-21;33-24-16-20(10-13-28-24)23-8-7-22(25-29-14-15-32(23)25)31-21-5-3-19(4-6-21)26(34)30-12-9-18-2-1-11-27-17-18;32-21-7-1-17(2-8-21)16-29-26(34)18-3-5-20(6-4-18)30-22-9-10-23(31-14-13-28-25(22)31)19-11-12-27-24(33)15-19;28-30(29,26-16-7-8-21-13-16)17-3-1-15(2-4-17)25-18-5-6-19(14-11-23-24-12-14)27-10-9-22-20(18)27/h4-13,18-19,30H,3,14-17H2,1-2H3,(H,28,34);1-8,10-11,13-17,31H,9,12H2,(H,28,33)(H,30,34);1-15,30,32H,16H2,(H,27,33)(H,29,34);1-6,9-12,16,21,25-26H,7-8,13H2,(H,23,24). The molecule has 13 aromatic heterocycles. The quantitative estimate of drug-likeness (QED) is 0.0253. The number of pyridine rings is 8. The molecule has 15 heterocycles. The van der Waals surface area contributed by atoms with Gasteiger partial charge in [-0.05, 0) is 226 Å². The molecule has 2 atom stereocenters. The van der Waals surface area contributed by atoms with Gasteiger partial charge in [0.2, 0.25) is 26.7 Å². The van der Waals surface area contributed by atoms with E-state index >= 15 is 0 Å². The molecule has 3 amide bonds. The first kappa shape index (κ1) is 88.3. The minimum atomic E-state index is -3.53. The second kappa shape index (κ2) is 40.7. The number of hydrogen-bond donors (Lipinski definition) is 13. The van der Waals surface area contributed by atoms with Gasteiger partial charge < -0.3 is 62.2 Å². The van der Waals surface area contributed by atoms with Crippen LogP contribution in [0.3, 0.4) is 0 Å². The molecule has 33 nitrogen and oxygen atoms in total. The number of phenols is 1. The van der Waals surface area contributed by atoms with Crippen molar-refractivity contribution in [1.82, 2.24) is 98.1 Å². The lowest BCUT2D eigenvalue weighted by Crippen LogP contribution is -2.51. The molecule has 20 rings (SSSR count). The van der Waals surface area contributed by atoms with Crippen molar-refractivity contribution in [3.8, 4) is 50.8 Å². The smallest absolute Gasteiger partial charge is 0.253 e. The largest absolute Gasteiger partial charge is 0.508 e. The van der Waals surface area contributed by atoms with Crippen LogP contribution in [0.4, 0.5) is 45.5 Å². The molecule has 2 saturated heterocycles. The Bertz CT molecular complexity index is 7410. The number of carbonyl (C=O) groups excluding carboxylic acids is 3. The molecule has 2 aliphatic heterocycles. The van der Waals surface area contributed by atoms with Gasteiger partial charge in [0.1, 0.15) is 5.75 Å². The molecule has 0 aliphatic carbocycles. The Morgan fingerprint density at radius 2 is 0.917 bits per heavy atom. The fourth-order valence-electron chi connectivity index (χ4n) is 15.8. The van der Waals surface area contributed by atoms with Gasteiger partial charge in [-0.1, -0.05) is 25.1 Å². The summed E-state index contributed by atoms with van der Waals surface area (Å²) in [5.74, 6) is -0.0281. The molecule has 34 heteroatoms. The third-order valence-electron chi connectivity index (χ3n) is 22.9. The highest BCUT2D eigenvalue weighted by atomic mass is 32.2. The zero-order valence-corrected chi connectivity index (χ0v) is 73.2. The number of amides is 3. The zero-order chi connectivity index (χ0) is 91.7. The van der Waals surface area contributed by atoms with Crippen molar-refractivity contribution in [3.63, 3.8) is 0 Å². The average Bonchev–Trinajstić information content (AvgIpc) is 1.71. The van der Waals surface area contributed by atoms with Crippen molar-refractivity contribution in [2.45, 2.75) is 56.6 Å². The monoisotopic (exact) mass is 1790 g/mol. The van der Waals surface area contributed by atoms with Gasteiger partial charge >= 0.3 is 0 Å². The van der Waals surface area contributed by atoms with E-state index in [1.807, 2.05) is 181 Å². The minimum Gasteiger partial charge on any atom is -0.508 e. The number of aromatic nitrogens is 14. The van der Waals surface area contributed by atoms with Crippen molar-refractivity contribution < 1.29 is 27.9 Å². The highest BCUT2D eigenvalue weighted by Crippen LogP contribution is 2.34. The lowest BCUT2D eigenvalue weighted by Gasteiger charge is -2.37. The summed E-state index contributed by atoms with van der Waals surface area (Å²) in [6, 6.07) is 65.7. The number of sulfonamides is 1. The number of aromatic amines is 4. The highest BCUT2D eigenvalue weighted by molar-refractivity contribution is 7.89. The van der Waals surface area contributed by atoms with E-state index in [4.69, 9.17) is 0 Å². The Kier molecular flexibility index (Phi) is 27.1. The molecule has 0 saturated carbocycles. The number of fused-ring (bicyclic) bond motifs is 4. The van der Waals surface area contributed by atoms with E-state index in [1.165, 1.54) is 0 Å². The maximum atomic E-state index is 13.0. The number of anilines is 8. The molecule has 0 spiro atoms. The lowest BCUT2D eigenvalue weighted by molar-refractivity contribution is 0.0579. The van der Waals surface area contributed by atoms with Gasteiger partial charge in [-0.15, -0.1) is 0 Å². The Morgan fingerprint density at radius 1 is 0.481 bits per heavy atom. The fourth-order valence-corrected chi connectivity index (χ4v) is 17.0. The van der Waals surface area contributed by atoms with E-state index < -0.39 is 10.0 Å². The second-order valence-electron chi connectivity index (χ2n) is 31.7. The molecule has 18 aromatic rings. The summed E-state index contributed by atoms with van der Waals surface area (Å²) in [4.78, 5) is 108. The average molecular weight is 1800 g/mol. The van der Waals surface area contributed by atoms with E-state index in [0.29, 0.717) is 48.0 Å². The van der Waals surface area contributed by atoms with Gasteiger partial charge in [-0.2, -0.15) is 5.10 Å². The van der Waals surface area contributed by atoms with E-state index in [-0.39, 0.29) is 51.1 Å². The van der Waals surface area contributed by atoms with Crippen LogP contribution in [0.5, 0.6) is 5.75 Å². The van der Waals surface area contributed by atoms with E-state index in [0.717, 1.165) is 171 Å². The van der Waals surface area contributed by atoms with Crippen molar-refractivity contribution in [3.05, 3.63) is 370 Å². The molecule has 2 unspecified atom stereocenters. The van der Waals surface area contributed by atoms with Crippen molar-refractivity contribution in [1.29, 1.82) is 0 Å². The van der Waals surface area contributed by atoms with Crippen molar-refractivity contribution in [2.75, 3.05) is 67.1 Å². The molecular formula is C99H94N24O9S. The maximum Gasteiger partial charge on any atom is 0.253 e. The van der Waals surface area contributed by atoms with Gasteiger partial charge in [-0.3, -0.25) is 61.4 Å². The van der Waals surface area contributed by atoms with Crippen LogP contribution < -0.4 is 58.6 Å². The molecule has 2 aliphatic rings. The van der Waals surface area contributed by atoms with Crippen LogP contribution >= 0.6 is 0 Å². The summed E-state index contributed by atoms with van der Waals surface area (Å²) in [6.45, 7) is 10.2. The van der Waals surface area contributed by atoms with E-state index in [9.17, 15) is 42.3 Å². The molecule has 5 aromatic carbocycles. The number of aromatic hydroxyl groups is 1. The Morgan fingerprint density at radius 3 is 1.32 bits per heavy atom. The number of phenolic OH excluding ortho intramolecular Hbond substituents is 1. The normalized spacial score (nSPS) is 13.4. The second-order valence-corrected chi connectivity index (χ2v) is 33.4. The number of nitrogens with one attached hydrogen (secondary N) is 12. The number of carbonyl (C=O) groups is 3. The molecular weight excluding hydrogens is 1700 g/mol. The van der Waals surface area contributed by atoms with Gasteiger partial charge in [0, 0.05) is 225 Å². The van der Waals surface area contributed by atoms with Gasteiger partial charge in [0.25, 0.3) is 17.7 Å². The van der Waals surface area contributed by atoms with Crippen LogP contribution in [0.2, 0.25) is 0 Å². The predicted octanol–water partition coefficient (Wildman–Crippen LogP) is 14.0. The fraction of sp³-hybridized carbons (Fsp3) is 0.152. The number of H-pyrrole nitrogens is 4. The minimum absolute atomic E-state index is 0.0599. The number of imidazole rings is 4. The number of nitrogens with zero attached hydrogens (tertiary/aromatic N) is 12. The maximum absolute atomic E-state index is 13.0. The van der Waals surface area contributed by atoms with Crippen molar-refractivity contribution >= 4 is 95.8 Å². The molecule has 2 fully saturated rings. The summed E-state index contributed by atoms with van der Waals surface area (Å²) in [5, 5.41) is 38.6. The number of benzene rings is 5. The summed E-state index contributed by atoms with van der Waals surface area (Å²) in [7, 11) is -3.53. The van der Waals surface area contributed by atoms with Crippen LogP contribution in [-0.2, 0) is 23.0 Å². The van der Waals surface area contributed by atoms with Gasteiger partial charge in [0.15, 0.2) is 22.6 Å². The van der Waals surface area contributed by atoms with Crippen LogP contribution in [-0.4, -0.2) is 167 Å². The first-order valence-corrected chi connectivity index (χ1v) is 44.7. The lowest BCUT2D eigenvalue weighted by atomic mass is 10.1. The van der Waals surface area contributed by atoms with Crippen LogP contribution in [0, 0.1) is 0 Å². The summed E-state index contributed by atoms with van der Waals surface area (Å²) in [5.41, 5.74) is 19.8. The Hall–Kier alpha value is -16.7. The molecule has 133 heavy (non-hydrogen) atoms. The number of piperazine rings is 1. The SMILES string of the molecule is CCC(C)N1CCN(C(=O)c2ccc(Nc3ccc(-c4cc[nH]c(=O)c4)n4ccnc34)cc2)CC1.O=C(NCCc1cccnc1)c1ccc(Nc2ccc(-c3cc[nH]c(=O)c3)n3ccnc23)cc1.O=C(NCc1ccc(O)cc1)c1ccc(Nc2ccc(-c3cc[nH]c(=O)c3)n3ccnc23)cc1.O=S(=O)(NC1CCNC1)c1ccc(Nc2ccc(-c3cn[nH]c3)n3ccnc23)cc1. The number of rotatable bonds is 25. The summed E-state index contributed by atoms with van der Waals surface area (Å²) >= 11 is 0. The third kappa shape index (κ3) is 21.4. The first-order chi connectivity index (χ1) is 64.9. The predicted molar refractivity (Wildman–Crippen MR) is 514 cm³/mol. The van der Waals surface area contributed by atoms with Gasteiger partial charge in [-0.25, -0.2) is 33.1 Å². The molecule has 0 bridgehead atoms. The summed E-state index contributed by atoms with van der Waals surface area (Å²) in [6.07, 6.45) is 29.0. The Balaban J connectivity index is 0.000000124. The number of hydrogen-bond acceptors (Lipinski definition) is 21. The van der Waals surface area contributed by atoms with E-state index in [1.54, 1.807) is 153 Å². The topological polar surface area (TPSA) is 418 Å². The van der Waals surface area contributed by atoms with Gasteiger partial charge in [0.05, 0.1) is 56.6 Å². The summed E-state index contributed by atoms with van der Waals surface area (Å²) < 4.78 is 35.7. The van der Waals surface area contributed by atoms with Crippen molar-refractivity contribution in [2.24, 2.45) is 0 Å². The van der Waals surface area contributed by atoms with Crippen LogP contribution in [0.15, 0.2) is 331 Å². The third-order valence-corrected chi connectivity index (χ3v) is 24.5. The molecule has 0 radical (unpaired) electrons. The van der Waals surface area contributed by atoms with Crippen LogP contribution in [0.1, 0.15) is 68.9 Å². The highest BCUT2D eigenvalue weighted by Gasteiger charge is 2.27. The first-order valence-electron chi connectivity index (χ1n) is 43.3. The molecule has 670 valence electrons. The van der Waals surface area contributed by atoms with E-state index in [2.05, 4.69) is 111 Å².